The molecule has 1 fully saturated rings. The van der Waals surface area contributed by atoms with Crippen LogP contribution in [-0.2, 0) is 19.6 Å². The largest absolute Gasteiger partial charge is 0.452 e. The summed E-state index contributed by atoms with van der Waals surface area (Å²) in [6.07, 6.45) is 1.73. The number of nitrogens with one attached hydrogen (secondary N) is 1. The van der Waals surface area contributed by atoms with Crippen LogP contribution in [0.4, 0.5) is 0 Å². The van der Waals surface area contributed by atoms with E-state index in [-0.39, 0.29) is 28.4 Å². The van der Waals surface area contributed by atoms with Crippen LogP contribution in [0.5, 0.6) is 0 Å². The molecule has 0 aliphatic carbocycles. The monoisotopic (exact) mass is 399 g/mol. The molecule has 1 aliphatic heterocycles. The van der Waals surface area contributed by atoms with Crippen molar-refractivity contribution in [2.45, 2.75) is 24.2 Å². The summed E-state index contributed by atoms with van der Waals surface area (Å²) < 4.78 is 31.4. The zero-order chi connectivity index (χ0) is 19.2. The minimum absolute atomic E-state index is 0.0280. The first-order chi connectivity index (χ1) is 12.4. The molecule has 26 heavy (non-hydrogen) atoms. The van der Waals surface area contributed by atoms with Crippen molar-refractivity contribution in [1.29, 1.82) is 5.26 Å². The van der Waals surface area contributed by atoms with Gasteiger partial charge in [-0.1, -0.05) is 11.6 Å². The molecule has 0 radical (unpaired) electrons. The lowest BCUT2D eigenvalue weighted by molar-refractivity contribution is -0.124. The normalized spacial score (nSPS) is 14.6. The third-order valence-corrected chi connectivity index (χ3v) is 5.98. The Morgan fingerprint density at radius 2 is 2.00 bits per heavy atom. The number of halogens is 1. The number of amides is 1. The third-order valence-electron chi connectivity index (χ3n) is 3.75. The lowest BCUT2D eigenvalue weighted by Gasteiger charge is -2.16. The molecule has 0 unspecified atom stereocenters. The van der Waals surface area contributed by atoms with Gasteiger partial charge in [-0.25, -0.2) is 13.2 Å². The number of nitrogens with zero attached hydrogens (tertiary/aromatic N) is 2. The minimum Gasteiger partial charge on any atom is -0.452 e. The second kappa shape index (κ2) is 8.98. The van der Waals surface area contributed by atoms with Crippen LogP contribution in [0.3, 0.4) is 0 Å². The average molecular weight is 400 g/mol. The highest BCUT2D eigenvalue weighted by molar-refractivity contribution is 7.89. The summed E-state index contributed by atoms with van der Waals surface area (Å²) in [5.74, 6) is -1.46. The molecule has 1 N–H and O–H groups in total. The fourth-order valence-electron chi connectivity index (χ4n) is 2.42. The van der Waals surface area contributed by atoms with E-state index in [2.05, 4.69) is 5.32 Å². The highest BCUT2D eigenvalue weighted by Crippen LogP contribution is 2.25. The van der Waals surface area contributed by atoms with E-state index in [9.17, 15) is 18.0 Å². The number of esters is 1. The van der Waals surface area contributed by atoms with Gasteiger partial charge in [-0.15, -0.1) is 0 Å². The van der Waals surface area contributed by atoms with Crippen molar-refractivity contribution in [2.75, 3.05) is 26.2 Å². The Balaban J connectivity index is 2.08. The number of hydrogen-bond acceptors (Lipinski definition) is 6. The van der Waals surface area contributed by atoms with Gasteiger partial charge in [-0.2, -0.15) is 9.57 Å². The fraction of sp³-hybridized carbons (Fsp3) is 0.438. The maximum absolute atomic E-state index is 12.6. The van der Waals surface area contributed by atoms with Gasteiger partial charge in [0.1, 0.15) is 0 Å². The van der Waals surface area contributed by atoms with Crippen molar-refractivity contribution in [3.8, 4) is 6.07 Å². The Hall–Kier alpha value is -2.15. The molecule has 0 saturated carbocycles. The van der Waals surface area contributed by atoms with Gasteiger partial charge in [-0.05, 0) is 31.0 Å². The quantitative estimate of drug-likeness (QED) is 0.545. The third kappa shape index (κ3) is 4.94. The zero-order valence-electron chi connectivity index (χ0n) is 13.9. The Bertz CT molecular complexity index is 829. The summed E-state index contributed by atoms with van der Waals surface area (Å²) in [6, 6.07) is 5.67. The first kappa shape index (κ1) is 20.2. The van der Waals surface area contributed by atoms with Gasteiger partial charge in [-0.3, -0.25) is 4.79 Å². The van der Waals surface area contributed by atoms with E-state index in [4.69, 9.17) is 21.6 Å². The SMILES string of the molecule is N#CCCNC(=O)COC(=O)c1cc(S(=O)(=O)N2CCCC2)ccc1Cl. The number of rotatable bonds is 7. The molecular formula is C16H18ClN3O5S. The highest BCUT2D eigenvalue weighted by Gasteiger charge is 2.28. The first-order valence-electron chi connectivity index (χ1n) is 7.96. The van der Waals surface area contributed by atoms with Crippen LogP contribution in [0.2, 0.25) is 5.02 Å². The van der Waals surface area contributed by atoms with Gasteiger partial charge in [0.25, 0.3) is 5.91 Å². The van der Waals surface area contributed by atoms with E-state index in [1.165, 1.54) is 16.4 Å². The van der Waals surface area contributed by atoms with Crippen LogP contribution >= 0.6 is 11.6 Å². The number of carbonyl (C=O) groups is 2. The van der Waals surface area contributed by atoms with Crippen LogP contribution < -0.4 is 5.32 Å². The van der Waals surface area contributed by atoms with Gasteiger partial charge < -0.3 is 10.1 Å². The number of sulfonamides is 1. The number of benzene rings is 1. The molecule has 1 aromatic carbocycles. The fourth-order valence-corrected chi connectivity index (χ4v) is 4.16. The molecule has 0 atom stereocenters. The second-order valence-electron chi connectivity index (χ2n) is 5.59. The molecule has 1 saturated heterocycles. The summed E-state index contributed by atoms with van der Waals surface area (Å²) in [6.45, 7) is 0.474. The number of hydrogen-bond donors (Lipinski definition) is 1. The number of ether oxygens (including phenoxy) is 1. The highest BCUT2D eigenvalue weighted by atomic mass is 35.5. The molecule has 2 rings (SSSR count). The summed E-state index contributed by atoms with van der Waals surface area (Å²) in [4.78, 5) is 23.6. The molecule has 0 bridgehead atoms. The predicted molar refractivity (Wildman–Crippen MR) is 93.0 cm³/mol. The topological polar surface area (TPSA) is 117 Å². The van der Waals surface area contributed by atoms with Crippen molar-refractivity contribution < 1.29 is 22.7 Å². The van der Waals surface area contributed by atoms with E-state index >= 15 is 0 Å². The van der Waals surface area contributed by atoms with Gasteiger partial charge in [0.2, 0.25) is 10.0 Å². The van der Waals surface area contributed by atoms with Crippen molar-refractivity contribution in [3.05, 3.63) is 28.8 Å². The average Bonchev–Trinajstić information content (AvgIpc) is 3.15. The molecule has 0 spiro atoms. The molecule has 1 aromatic rings. The molecule has 0 aromatic heterocycles. The van der Waals surface area contributed by atoms with Crippen molar-refractivity contribution in [1.82, 2.24) is 9.62 Å². The summed E-state index contributed by atoms with van der Waals surface area (Å²) in [5.41, 5.74) is -0.128. The van der Waals surface area contributed by atoms with Crippen LogP contribution in [0.15, 0.2) is 23.1 Å². The maximum atomic E-state index is 12.6. The Morgan fingerprint density at radius 1 is 1.31 bits per heavy atom. The van der Waals surface area contributed by atoms with Gasteiger partial charge >= 0.3 is 5.97 Å². The summed E-state index contributed by atoms with van der Waals surface area (Å²) in [7, 11) is -3.70. The van der Waals surface area contributed by atoms with Crippen LogP contribution in [-0.4, -0.2) is 50.8 Å². The van der Waals surface area contributed by atoms with Crippen LogP contribution in [0.25, 0.3) is 0 Å². The van der Waals surface area contributed by atoms with E-state index in [0.717, 1.165) is 18.9 Å². The van der Waals surface area contributed by atoms with E-state index in [0.29, 0.717) is 13.1 Å². The van der Waals surface area contributed by atoms with Crippen LogP contribution in [0, 0.1) is 11.3 Å². The molecular weight excluding hydrogens is 382 g/mol. The lowest BCUT2D eigenvalue weighted by Crippen LogP contribution is -2.30. The minimum atomic E-state index is -3.70. The molecule has 10 heteroatoms. The lowest BCUT2D eigenvalue weighted by atomic mass is 10.2. The molecule has 140 valence electrons. The first-order valence-corrected chi connectivity index (χ1v) is 9.78. The maximum Gasteiger partial charge on any atom is 0.340 e. The van der Waals surface area contributed by atoms with Gasteiger partial charge in [0.15, 0.2) is 6.61 Å². The Kier molecular flexibility index (Phi) is 6.97. The Morgan fingerprint density at radius 3 is 2.65 bits per heavy atom. The zero-order valence-corrected chi connectivity index (χ0v) is 15.5. The van der Waals surface area contributed by atoms with E-state index in [1.807, 2.05) is 6.07 Å². The molecule has 1 heterocycles. The second-order valence-corrected chi connectivity index (χ2v) is 7.93. The molecule has 1 aliphatic rings. The smallest absolute Gasteiger partial charge is 0.340 e. The van der Waals surface area contributed by atoms with Crippen molar-refractivity contribution in [3.63, 3.8) is 0 Å². The van der Waals surface area contributed by atoms with E-state index in [1.54, 1.807) is 0 Å². The standard InChI is InChI=1S/C16H18ClN3O5S/c17-14-5-4-12(26(23,24)20-8-1-2-9-20)10-13(14)16(22)25-11-15(21)19-7-3-6-18/h4-5,10H,1-3,7-9,11H2,(H,19,21). The predicted octanol–water partition coefficient (Wildman–Crippen LogP) is 1.31. The summed E-state index contributed by atoms with van der Waals surface area (Å²) >= 11 is 5.97. The molecule has 8 nitrogen and oxygen atoms in total. The van der Waals surface area contributed by atoms with Crippen LogP contribution in [0.1, 0.15) is 29.6 Å². The number of carbonyl (C=O) groups excluding carboxylic acids is 2. The van der Waals surface area contributed by atoms with Crippen molar-refractivity contribution in [2.24, 2.45) is 0 Å². The number of nitriles is 1. The van der Waals surface area contributed by atoms with Gasteiger partial charge in [0.05, 0.1) is 28.0 Å². The van der Waals surface area contributed by atoms with E-state index < -0.39 is 28.5 Å². The summed E-state index contributed by atoms with van der Waals surface area (Å²) in [5, 5.41) is 10.8. The van der Waals surface area contributed by atoms with Crippen molar-refractivity contribution >= 4 is 33.5 Å². The molecule has 1 amide bonds. The Labute approximate surface area is 156 Å². The van der Waals surface area contributed by atoms with Gasteiger partial charge in [0, 0.05) is 19.6 Å².